The highest BCUT2D eigenvalue weighted by atomic mass is 35.5. The van der Waals surface area contributed by atoms with Crippen molar-refractivity contribution in [3.8, 4) is 11.5 Å². The van der Waals surface area contributed by atoms with Gasteiger partial charge < -0.3 is 14.6 Å². The van der Waals surface area contributed by atoms with Crippen molar-refractivity contribution in [1.29, 1.82) is 0 Å². The van der Waals surface area contributed by atoms with Crippen molar-refractivity contribution in [1.82, 2.24) is 9.80 Å². The van der Waals surface area contributed by atoms with Crippen LogP contribution in [0.3, 0.4) is 0 Å². The van der Waals surface area contributed by atoms with Gasteiger partial charge in [0.05, 0.1) is 30.1 Å². The van der Waals surface area contributed by atoms with Gasteiger partial charge in [-0.2, -0.15) is 0 Å². The standard InChI is InChI=1S/C30H36Cl2N2O6/c1-39-27-15-21(7-10-26(27)40-14-13-34-28(35)11-12-29(34)36)19-33(18-20-5-3-2-4-6-20)25(17-30(37)38)22-8-9-23(31)24(32)16-22/h7-10,15-16,20,25H,2-6,11-14,17-19H2,1H3,(H,37,38). The lowest BCUT2D eigenvalue weighted by atomic mass is 9.88. The number of benzene rings is 2. The maximum absolute atomic E-state index is 12.0. The molecule has 1 heterocycles. The van der Waals surface area contributed by atoms with Crippen LogP contribution in [0.1, 0.15) is 68.5 Å². The molecule has 1 saturated heterocycles. The van der Waals surface area contributed by atoms with Crippen molar-refractivity contribution < 1.29 is 29.0 Å². The summed E-state index contributed by atoms with van der Waals surface area (Å²) in [7, 11) is 1.56. The Balaban J connectivity index is 1.54. The van der Waals surface area contributed by atoms with E-state index in [1.807, 2.05) is 24.3 Å². The number of rotatable bonds is 13. The van der Waals surface area contributed by atoms with E-state index in [2.05, 4.69) is 4.90 Å². The minimum absolute atomic E-state index is 0.0725. The molecule has 2 aromatic carbocycles. The predicted molar refractivity (Wildman–Crippen MR) is 153 cm³/mol. The van der Waals surface area contributed by atoms with Crippen molar-refractivity contribution in [2.75, 3.05) is 26.8 Å². The van der Waals surface area contributed by atoms with E-state index in [1.54, 1.807) is 19.2 Å². The number of hydrogen-bond acceptors (Lipinski definition) is 6. The first kappa shape index (κ1) is 30.2. The summed E-state index contributed by atoms with van der Waals surface area (Å²) in [5, 5.41) is 10.7. The van der Waals surface area contributed by atoms with Crippen molar-refractivity contribution in [3.63, 3.8) is 0 Å². The lowest BCUT2D eigenvalue weighted by Crippen LogP contribution is -2.35. The van der Waals surface area contributed by atoms with Crippen LogP contribution < -0.4 is 9.47 Å². The van der Waals surface area contributed by atoms with Crippen LogP contribution in [0.25, 0.3) is 0 Å². The fourth-order valence-electron chi connectivity index (χ4n) is 5.63. The molecule has 2 fully saturated rings. The molecule has 40 heavy (non-hydrogen) atoms. The second kappa shape index (κ2) is 14.2. The SMILES string of the molecule is COc1cc(CN(CC2CCCCC2)C(CC(=O)O)c2ccc(Cl)c(Cl)c2)ccc1OCCN1C(=O)CCC1=O. The number of carboxylic acid groups (broad SMARTS) is 1. The molecule has 0 aromatic heterocycles. The summed E-state index contributed by atoms with van der Waals surface area (Å²) in [5.41, 5.74) is 1.76. The van der Waals surface area contributed by atoms with Crippen LogP contribution >= 0.6 is 23.2 Å². The highest BCUT2D eigenvalue weighted by molar-refractivity contribution is 6.42. The van der Waals surface area contributed by atoms with Gasteiger partial charge >= 0.3 is 5.97 Å². The first-order chi connectivity index (χ1) is 19.2. The van der Waals surface area contributed by atoms with Crippen LogP contribution in [-0.4, -0.2) is 59.5 Å². The highest BCUT2D eigenvalue weighted by Gasteiger charge is 2.29. The minimum Gasteiger partial charge on any atom is -0.493 e. The molecule has 1 N–H and O–H groups in total. The summed E-state index contributed by atoms with van der Waals surface area (Å²) < 4.78 is 11.5. The molecule has 2 aliphatic rings. The molecule has 0 spiro atoms. The summed E-state index contributed by atoms with van der Waals surface area (Å²) in [6.07, 6.45) is 6.27. The number of likely N-dealkylation sites (tertiary alicyclic amines) is 1. The Morgan fingerprint density at radius 1 is 1.02 bits per heavy atom. The number of hydrogen-bond donors (Lipinski definition) is 1. The number of amides is 2. The Hall–Kier alpha value is -2.81. The van der Waals surface area contributed by atoms with Crippen LogP contribution in [0, 0.1) is 5.92 Å². The van der Waals surface area contributed by atoms with E-state index in [0.717, 1.165) is 30.5 Å². The van der Waals surface area contributed by atoms with Crippen LogP contribution in [-0.2, 0) is 20.9 Å². The van der Waals surface area contributed by atoms with Crippen LogP contribution in [0.5, 0.6) is 11.5 Å². The van der Waals surface area contributed by atoms with Gasteiger partial charge in [-0.1, -0.05) is 54.6 Å². The van der Waals surface area contributed by atoms with Gasteiger partial charge in [0.15, 0.2) is 11.5 Å². The Morgan fingerprint density at radius 3 is 2.40 bits per heavy atom. The third-order valence-electron chi connectivity index (χ3n) is 7.70. The smallest absolute Gasteiger partial charge is 0.305 e. The lowest BCUT2D eigenvalue weighted by molar-refractivity contribution is -0.140. The van der Waals surface area contributed by atoms with E-state index in [4.69, 9.17) is 32.7 Å². The number of halogens is 2. The molecular formula is C30H36Cl2N2O6. The van der Waals surface area contributed by atoms with E-state index in [1.165, 1.54) is 24.2 Å². The minimum atomic E-state index is -0.888. The molecule has 10 heteroatoms. The lowest BCUT2D eigenvalue weighted by Gasteiger charge is -2.36. The molecule has 8 nitrogen and oxygen atoms in total. The molecule has 0 radical (unpaired) electrons. The molecule has 1 aliphatic carbocycles. The molecule has 4 rings (SSSR count). The van der Waals surface area contributed by atoms with Gasteiger partial charge in [-0.3, -0.25) is 24.2 Å². The summed E-state index contributed by atoms with van der Waals surface area (Å²) in [6.45, 7) is 1.62. The maximum Gasteiger partial charge on any atom is 0.305 e. The molecule has 0 bridgehead atoms. The van der Waals surface area contributed by atoms with Gasteiger partial charge in [-0.25, -0.2) is 0 Å². The second-order valence-corrected chi connectivity index (χ2v) is 11.3. The van der Waals surface area contributed by atoms with E-state index in [9.17, 15) is 19.5 Å². The first-order valence-electron chi connectivity index (χ1n) is 13.8. The normalized spacial score (nSPS) is 16.9. The Kier molecular flexibility index (Phi) is 10.7. The third-order valence-corrected chi connectivity index (χ3v) is 8.43. The summed E-state index contributed by atoms with van der Waals surface area (Å²) in [6, 6.07) is 10.6. The van der Waals surface area contributed by atoms with Gasteiger partial charge in [0.2, 0.25) is 11.8 Å². The average Bonchev–Trinajstić information content (AvgIpc) is 3.26. The number of methoxy groups -OCH3 is 1. The quantitative estimate of drug-likeness (QED) is 0.280. The topological polar surface area (TPSA) is 96.4 Å². The first-order valence-corrected chi connectivity index (χ1v) is 14.5. The second-order valence-electron chi connectivity index (χ2n) is 10.5. The fraction of sp³-hybridized carbons (Fsp3) is 0.500. The van der Waals surface area contributed by atoms with Crippen molar-refractivity contribution in [2.45, 2.75) is 64.0 Å². The van der Waals surface area contributed by atoms with Gasteiger partial charge in [0.1, 0.15) is 6.61 Å². The molecule has 2 aromatic rings. The third kappa shape index (κ3) is 7.89. The number of ether oxygens (including phenoxy) is 2. The molecule has 1 unspecified atom stereocenters. The summed E-state index contributed by atoms with van der Waals surface area (Å²) >= 11 is 12.5. The zero-order valence-corrected chi connectivity index (χ0v) is 24.3. The maximum atomic E-state index is 12.0. The fourth-order valence-corrected chi connectivity index (χ4v) is 5.94. The van der Waals surface area contributed by atoms with Crippen molar-refractivity contribution in [3.05, 3.63) is 57.6 Å². The van der Waals surface area contributed by atoms with E-state index in [-0.39, 0.29) is 44.2 Å². The molecule has 2 amide bonds. The zero-order chi connectivity index (χ0) is 28.6. The number of carbonyl (C=O) groups excluding carboxylic acids is 2. The van der Waals surface area contributed by atoms with Gasteiger partial charge in [0, 0.05) is 32.0 Å². The molecule has 216 valence electrons. The van der Waals surface area contributed by atoms with Crippen molar-refractivity contribution >= 4 is 41.0 Å². The molecule has 1 aliphatic heterocycles. The van der Waals surface area contributed by atoms with Crippen LogP contribution in [0.15, 0.2) is 36.4 Å². The van der Waals surface area contributed by atoms with E-state index >= 15 is 0 Å². The summed E-state index contributed by atoms with van der Waals surface area (Å²) in [5.74, 6) is 0.280. The van der Waals surface area contributed by atoms with Gasteiger partial charge in [0.25, 0.3) is 0 Å². The Labute approximate surface area is 245 Å². The number of carbonyl (C=O) groups is 3. The molecular weight excluding hydrogens is 555 g/mol. The average molecular weight is 592 g/mol. The Bertz CT molecular complexity index is 1200. The number of carboxylic acids is 1. The highest BCUT2D eigenvalue weighted by Crippen LogP contribution is 2.35. The largest absolute Gasteiger partial charge is 0.493 e. The van der Waals surface area contributed by atoms with E-state index < -0.39 is 12.0 Å². The van der Waals surface area contributed by atoms with Gasteiger partial charge in [-0.15, -0.1) is 0 Å². The van der Waals surface area contributed by atoms with E-state index in [0.29, 0.717) is 34.0 Å². The van der Waals surface area contributed by atoms with Crippen molar-refractivity contribution in [2.24, 2.45) is 5.92 Å². The Morgan fingerprint density at radius 2 is 1.75 bits per heavy atom. The molecule has 1 saturated carbocycles. The summed E-state index contributed by atoms with van der Waals surface area (Å²) in [4.78, 5) is 39.2. The van der Waals surface area contributed by atoms with Crippen LogP contribution in [0.2, 0.25) is 10.0 Å². The monoisotopic (exact) mass is 590 g/mol. The zero-order valence-electron chi connectivity index (χ0n) is 22.7. The number of aliphatic carboxylic acids is 1. The van der Waals surface area contributed by atoms with Gasteiger partial charge in [-0.05, 0) is 54.2 Å². The number of imide groups is 1. The molecule has 1 atom stereocenters. The van der Waals surface area contributed by atoms with Crippen LogP contribution in [0.4, 0.5) is 0 Å². The predicted octanol–water partition coefficient (Wildman–Crippen LogP) is 6.13. The number of nitrogens with zero attached hydrogens (tertiary/aromatic N) is 2.